The van der Waals surface area contributed by atoms with Gasteiger partial charge >= 0.3 is 0 Å². The number of benzene rings is 2. The van der Waals surface area contributed by atoms with Crippen molar-refractivity contribution < 1.29 is 26.5 Å². The van der Waals surface area contributed by atoms with Crippen LogP contribution >= 0.6 is 0 Å². The SMILES string of the molecule is Cc1noc(C=Cc2ccc(F)cc2F)c1S(=O)(=O)N1CCC(C(=O)N2CCC(Cc3ccccc3)CC2)CC1. The van der Waals surface area contributed by atoms with Crippen LogP contribution in [0.2, 0.25) is 0 Å². The first kappa shape index (κ1) is 28.2. The van der Waals surface area contributed by atoms with E-state index >= 15 is 0 Å². The third-order valence-electron chi connectivity index (χ3n) is 7.90. The van der Waals surface area contributed by atoms with Gasteiger partial charge in [-0.3, -0.25) is 4.79 Å². The van der Waals surface area contributed by atoms with Gasteiger partial charge in [0, 0.05) is 43.7 Å². The molecular weight excluding hydrogens is 536 g/mol. The smallest absolute Gasteiger partial charge is 0.248 e. The molecule has 3 heterocycles. The predicted molar refractivity (Wildman–Crippen MR) is 147 cm³/mol. The minimum absolute atomic E-state index is 0.0298. The molecule has 2 fully saturated rings. The predicted octanol–water partition coefficient (Wildman–Crippen LogP) is 5.31. The summed E-state index contributed by atoms with van der Waals surface area (Å²) >= 11 is 0. The maximum Gasteiger partial charge on any atom is 0.248 e. The molecule has 0 spiro atoms. The Bertz CT molecular complexity index is 1470. The number of piperidine rings is 2. The summed E-state index contributed by atoms with van der Waals surface area (Å²) in [6.45, 7) is 3.43. The zero-order valence-electron chi connectivity index (χ0n) is 22.4. The lowest BCUT2D eigenvalue weighted by molar-refractivity contribution is -0.138. The second-order valence-corrected chi connectivity index (χ2v) is 12.5. The molecule has 0 atom stereocenters. The number of hydrogen-bond donors (Lipinski definition) is 0. The van der Waals surface area contributed by atoms with Crippen LogP contribution in [0.4, 0.5) is 8.78 Å². The van der Waals surface area contributed by atoms with Gasteiger partial charge in [-0.1, -0.05) is 35.5 Å². The lowest BCUT2D eigenvalue weighted by atomic mass is 9.89. The number of likely N-dealkylation sites (tertiary alicyclic amines) is 1. The maximum absolute atomic E-state index is 14.0. The minimum atomic E-state index is -3.97. The monoisotopic (exact) mass is 569 g/mol. The summed E-state index contributed by atoms with van der Waals surface area (Å²) < 4.78 is 60.9. The fourth-order valence-corrected chi connectivity index (χ4v) is 7.36. The van der Waals surface area contributed by atoms with E-state index in [1.54, 1.807) is 0 Å². The summed E-state index contributed by atoms with van der Waals surface area (Å²) in [7, 11) is -3.97. The van der Waals surface area contributed by atoms with Crippen molar-refractivity contribution in [3.8, 4) is 0 Å². The largest absolute Gasteiger partial charge is 0.355 e. The van der Waals surface area contributed by atoms with E-state index in [0.717, 1.165) is 44.5 Å². The highest BCUT2D eigenvalue weighted by atomic mass is 32.2. The van der Waals surface area contributed by atoms with E-state index in [1.807, 2.05) is 11.0 Å². The first-order valence-corrected chi connectivity index (χ1v) is 15.1. The van der Waals surface area contributed by atoms with Crippen LogP contribution in [0.15, 0.2) is 57.9 Å². The van der Waals surface area contributed by atoms with Crippen LogP contribution < -0.4 is 0 Å². The Morgan fingerprint density at radius 1 is 1.00 bits per heavy atom. The molecule has 1 amide bonds. The molecule has 0 N–H and O–H groups in total. The van der Waals surface area contributed by atoms with Gasteiger partial charge in [-0.15, -0.1) is 0 Å². The van der Waals surface area contributed by atoms with Gasteiger partial charge in [0.1, 0.15) is 17.3 Å². The Labute approximate surface area is 233 Å². The van der Waals surface area contributed by atoms with Crippen LogP contribution in [0.5, 0.6) is 0 Å². The summed E-state index contributed by atoms with van der Waals surface area (Å²) in [6, 6.07) is 13.5. The number of carbonyl (C=O) groups is 1. The zero-order valence-corrected chi connectivity index (χ0v) is 23.2. The summed E-state index contributed by atoms with van der Waals surface area (Å²) in [6.07, 6.45) is 6.49. The Kier molecular flexibility index (Phi) is 8.46. The van der Waals surface area contributed by atoms with Crippen molar-refractivity contribution in [1.82, 2.24) is 14.4 Å². The lowest BCUT2D eigenvalue weighted by Gasteiger charge is -2.37. The van der Waals surface area contributed by atoms with Crippen LogP contribution in [-0.2, 0) is 21.2 Å². The molecule has 2 aliphatic rings. The molecule has 212 valence electrons. The van der Waals surface area contributed by atoms with Gasteiger partial charge in [-0.25, -0.2) is 17.2 Å². The van der Waals surface area contributed by atoms with Gasteiger partial charge < -0.3 is 9.42 Å². The number of hydrogen-bond acceptors (Lipinski definition) is 5. The highest BCUT2D eigenvalue weighted by Gasteiger charge is 2.37. The van der Waals surface area contributed by atoms with Crippen molar-refractivity contribution >= 4 is 28.1 Å². The number of rotatable bonds is 7. The van der Waals surface area contributed by atoms with Gasteiger partial charge in [0.25, 0.3) is 0 Å². The lowest BCUT2D eigenvalue weighted by Crippen LogP contribution is -2.46. The van der Waals surface area contributed by atoms with Crippen molar-refractivity contribution in [3.05, 3.63) is 82.7 Å². The van der Waals surface area contributed by atoms with Crippen LogP contribution in [-0.4, -0.2) is 54.9 Å². The van der Waals surface area contributed by atoms with Crippen molar-refractivity contribution in [1.29, 1.82) is 0 Å². The molecule has 40 heavy (non-hydrogen) atoms. The molecule has 0 unspecified atom stereocenters. The molecule has 2 aliphatic heterocycles. The fraction of sp³-hybridized carbons (Fsp3) is 0.400. The minimum Gasteiger partial charge on any atom is -0.355 e. The first-order valence-electron chi connectivity index (χ1n) is 13.6. The molecule has 1 aromatic heterocycles. The van der Waals surface area contributed by atoms with Crippen molar-refractivity contribution in [2.75, 3.05) is 26.2 Å². The normalized spacial score (nSPS) is 18.0. The molecule has 10 heteroatoms. The van der Waals surface area contributed by atoms with Gasteiger partial charge in [0.15, 0.2) is 10.7 Å². The van der Waals surface area contributed by atoms with Crippen LogP contribution in [0.1, 0.15) is 48.3 Å². The molecule has 2 aromatic carbocycles. The Morgan fingerprint density at radius 2 is 1.70 bits per heavy atom. The molecule has 0 saturated carbocycles. The van der Waals surface area contributed by atoms with E-state index in [9.17, 15) is 22.0 Å². The van der Waals surface area contributed by atoms with E-state index in [0.29, 0.717) is 18.8 Å². The van der Waals surface area contributed by atoms with Gasteiger partial charge in [0.05, 0.1) is 0 Å². The molecule has 0 radical (unpaired) electrons. The zero-order chi connectivity index (χ0) is 28.3. The average molecular weight is 570 g/mol. The third kappa shape index (κ3) is 6.18. The number of nitrogens with zero attached hydrogens (tertiary/aromatic N) is 3. The van der Waals surface area contributed by atoms with E-state index in [2.05, 4.69) is 29.4 Å². The fourth-order valence-electron chi connectivity index (χ4n) is 5.64. The van der Waals surface area contributed by atoms with E-state index in [-0.39, 0.29) is 46.8 Å². The van der Waals surface area contributed by atoms with Crippen LogP contribution in [0, 0.1) is 30.4 Å². The Hall–Kier alpha value is -3.37. The number of aryl methyl sites for hydroxylation is 1. The van der Waals surface area contributed by atoms with Crippen molar-refractivity contribution in [2.24, 2.45) is 11.8 Å². The van der Waals surface area contributed by atoms with Crippen LogP contribution in [0.3, 0.4) is 0 Å². The standard InChI is InChI=1S/C30H33F2N3O4S/c1-21-29(28(39-33-21)10-8-24-7-9-26(31)20-27(24)32)40(37,38)35-17-13-25(14-18-35)30(36)34-15-11-23(12-16-34)19-22-5-3-2-4-6-22/h2-10,20,23,25H,11-19H2,1H3. The summed E-state index contributed by atoms with van der Waals surface area (Å²) in [5.74, 6) is -1.04. The number of sulfonamides is 1. The summed E-state index contributed by atoms with van der Waals surface area (Å²) in [5, 5.41) is 3.82. The summed E-state index contributed by atoms with van der Waals surface area (Å²) in [5.41, 5.74) is 1.60. The van der Waals surface area contributed by atoms with Gasteiger partial charge in [0.2, 0.25) is 15.9 Å². The number of halogens is 2. The van der Waals surface area contributed by atoms with Crippen molar-refractivity contribution in [3.63, 3.8) is 0 Å². The van der Waals surface area contributed by atoms with Crippen LogP contribution in [0.25, 0.3) is 12.2 Å². The summed E-state index contributed by atoms with van der Waals surface area (Å²) in [4.78, 5) is 15.1. The molecule has 5 rings (SSSR count). The number of aromatic nitrogens is 1. The molecule has 0 aliphatic carbocycles. The molecule has 3 aromatic rings. The van der Waals surface area contributed by atoms with Gasteiger partial charge in [-0.05, 0) is 74.8 Å². The first-order chi connectivity index (χ1) is 19.2. The third-order valence-corrected chi connectivity index (χ3v) is 9.96. The Balaban J connectivity index is 1.18. The number of carbonyl (C=O) groups excluding carboxylic acids is 1. The average Bonchev–Trinajstić information content (AvgIpc) is 3.34. The van der Waals surface area contributed by atoms with Gasteiger partial charge in [-0.2, -0.15) is 4.31 Å². The molecule has 2 saturated heterocycles. The molecule has 7 nitrogen and oxygen atoms in total. The second kappa shape index (κ2) is 12.0. The Morgan fingerprint density at radius 3 is 2.38 bits per heavy atom. The highest BCUT2D eigenvalue weighted by Crippen LogP contribution is 2.31. The van der Waals surface area contributed by atoms with E-state index < -0.39 is 21.7 Å². The molecule has 0 bridgehead atoms. The second-order valence-electron chi connectivity index (χ2n) is 10.6. The highest BCUT2D eigenvalue weighted by molar-refractivity contribution is 7.89. The quantitative estimate of drug-likeness (QED) is 0.385. The van der Waals surface area contributed by atoms with Crippen molar-refractivity contribution in [2.45, 2.75) is 43.9 Å². The number of amides is 1. The van der Waals surface area contributed by atoms with E-state index in [1.165, 1.54) is 35.0 Å². The van der Waals surface area contributed by atoms with E-state index in [4.69, 9.17) is 4.52 Å². The maximum atomic E-state index is 14.0. The molecular formula is C30H33F2N3O4S. The topological polar surface area (TPSA) is 83.7 Å².